The van der Waals surface area contributed by atoms with Crippen LogP contribution in [-0.2, 0) is 9.47 Å². The largest absolute Gasteiger partial charge is 0.379 e. The van der Waals surface area contributed by atoms with Crippen LogP contribution in [0.4, 0.5) is 0 Å². The van der Waals surface area contributed by atoms with E-state index in [4.69, 9.17) is 9.47 Å². The summed E-state index contributed by atoms with van der Waals surface area (Å²) in [6.07, 6.45) is 2.27. The molecule has 0 aliphatic heterocycles. The number of hydrogen-bond donors (Lipinski definition) is 1. The van der Waals surface area contributed by atoms with Crippen LogP contribution < -0.4 is 5.32 Å². The molecule has 3 heteroatoms. The molecule has 0 aromatic rings. The minimum absolute atomic E-state index is 0.0823. The summed E-state index contributed by atoms with van der Waals surface area (Å²) in [7, 11) is 3.72. The van der Waals surface area contributed by atoms with E-state index in [1.165, 1.54) is 0 Å². The summed E-state index contributed by atoms with van der Waals surface area (Å²) in [6.45, 7) is 9.19. The van der Waals surface area contributed by atoms with Gasteiger partial charge in [0.25, 0.3) is 0 Å². The zero-order chi connectivity index (χ0) is 11.9. The summed E-state index contributed by atoms with van der Waals surface area (Å²) < 4.78 is 11.1. The first-order valence-corrected chi connectivity index (χ1v) is 5.81. The van der Waals surface area contributed by atoms with Crippen molar-refractivity contribution >= 4 is 0 Å². The summed E-state index contributed by atoms with van der Waals surface area (Å²) in [5.41, 5.74) is -0.0823. The number of likely N-dealkylation sites (N-methyl/N-ethyl adjacent to an activating group) is 1. The highest BCUT2D eigenvalue weighted by atomic mass is 16.5. The molecule has 0 heterocycles. The first kappa shape index (κ1) is 14.9. The Morgan fingerprint density at radius 3 is 2.33 bits per heavy atom. The first-order valence-electron chi connectivity index (χ1n) is 5.81. The predicted molar refractivity (Wildman–Crippen MR) is 64.3 cm³/mol. The molecule has 0 fully saturated rings. The zero-order valence-electron chi connectivity index (χ0n) is 11.1. The van der Waals surface area contributed by atoms with Crippen LogP contribution in [0.25, 0.3) is 0 Å². The first-order chi connectivity index (χ1) is 6.96. The number of ether oxygens (including phenoxy) is 2. The second kappa shape index (κ2) is 7.20. The van der Waals surface area contributed by atoms with Crippen molar-refractivity contribution in [1.82, 2.24) is 5.32 Å². The molecule has 15 heavy (non-hydrogen) atoms. The monoisotopic (exact) mass is 217 g/mol. The quantitative estimate of drug-likeness (QED) is 0.676. The third kappa shape index (κ3) is 6.13. The van der Waals surface area contributed by atoms with Crippen molar-refractivity contribution in [2.24, 2.45) is 0 Å². The van der Waals surface area contributed by atoms with E-state index >= 15 is 0 Å². The molecule has 0 spiro atoms. The Kier molecular flexibility index (Phi) is 7.14. The molecule has 0 aliphatic carbocycles. The lowest BCUT2D eigenvalue weighted by atomic mass is 10.1. The molecule has 0 aromatic heterocycles. The molecule has 0 aliphatic rings. The Labute approximate surface area is 94.5 Å². The van der Waals surface area contributed by atoms with Gasteiger partial charge in [-0.25, -0.2) is 0 Å². The molecule has 92 valence electrons. The fourth-order valence-corrected chi connectivity index (χ4v) is 1.48. The summed E-state index contributed by atoms with van der Waals surface area (Å²) in [5, 5.41) is 3.26. The Balaban J connectivity index is 3.76. The lowest BCUT2D eigenvalue weighted by molar-refractivity contribution is -0.0300. The molecule has 0 rings (SSSR count). The van der Waals surface area contributed by atoms with Crippen molar-refractivity contribution in [2.75, 3.05) is 20.8 Å². The number of rotatable bonds is 8. The standard InChI is InChI=1S/C12H27NO2/c1-7-11(13-5)10(2)15-9-8-12(3,4)14-6/h10-11,13H,7-9H2,1-6H3. The summed E-state index contributed by atoms with van der Waals surface area (Å²) >= 11 is 0. The second-order valence-corrected chi connectivity index (χ2v) is 4.59. The van der Waals surface area contributed by atoms with Crippen LogP contribution in [0.3, 0.4) is 0 Å². The molecule has 0 bridgehead atoms. The van der Waals surface area contributed by atoms with Gasteiger partial charge in [-0.2, -0.15) is 0 Å². The van der Waals surface area contributed by atoms with Crippen molar-refractivity contribution < 1.29 is 9.47 Å². The molecular formula is C12H27NO2. The van der Waals surface area contributed by atoms with Crippen molar-refractivity contribution in [3.05, 3.63) is 0 Å². The number of nitrogens with one attached hydrogen (secondary N) is 1. The van der Waals surface area contributed by atoms with Crippen molar-refractivity contribution in [3.8, 4) is 0 Å². The third-order valence-electron chi connectivity index (χ3n) is 3.01. The van der Waals surface area contributed by atoms with Crippen LogP contribution in [0.1, 0.15) is 40.5 Å². The Bertz CT molecular complexity index is 156. The Morgan fingerprint density at radius 2 is 1.93 bits per heavy atom. The van der Waals surface area contributed by atoms with Gasteiger partial charge in [0.05, 0.1) is 11.7 Å². The van der Waals surface area contributed by atoms with Crippen LogP contribution in [0.15, 0.2) is 0 Å². The van der Waals surface area contributed by atoms with E-state index in [9.17, 15) is 0 Å². The second-order valence-electron chi connectivity index (χ2n) is 4.59. The van der Waals surface area contributed by atoms with Crippen molar-refractivity contribution in [1.29, 1.82) is 0 Å². The molecule has 0 saturated carbocycles. The lowest BCUT2D eigenvalue weighted by Gasteiger charge is -2.26. The van der Waals surface area contributed by atoms with E-state index in [0.29, 0.717) is 6.04 Å². The van der Waals surface area contributed by atoms with Gasteiger partial charge < -0.3 is 14.8 Å². The summed E-state index contributed by atoms with van der Waals surface area (Å²) in [6, 6.07) is 0.440. The molecule has 0 amide bonds. The highest BCUT2D eigenvalue weighted by molar-refractivity contribution is 4.72. The average molecular weight is 217 g/mol. The maximum absolute atomic E-state index is 5.78. The fraction of sp³-hybridized carbons (Fsp3) is 1.00. The van der Waals surface area contributed by atoms with Crippen LogP contribution in [0.5, 0.6) is 0 Å². The molecular weight excluding hydrogens is 190 g/mol. The van der Waals surface area contributed by atoms with Crippen LogP contribution in [0.2, 0.25) is 0 Å². The van der Waals surface area contributed by atoms with Crippen LogP contribution >= 0.6 is 0 Å². The topological polar surface area (TPSA) is 30.5 Å². The van der Waals surface area contributed by atoms with Gasteiger partial charge in [-0.1, -0.05) is 6.92 Å². The van der Waals surface area contributed by atoms with Gasteiger partial charge in [0.2, 0.25) is 0 Å². The Hall–Kier alpha value is -0.120. The SMILES string of the molecule is CCC(NC)C(C)OCCC(C)(C)OC. The third-order valence-corrected chi connectivity index (χ3v) is 3.01. The highest BCUT2D eigenvalue weighted by Crippen LogP contribution is 2.13. The van der Waals surface area contributed by atoms with E-state index in [1.807, 2.05) is 7.05 Å². The average Bonchev–Trinajstić information content (AvgIpc) is 2.19. The minimum atomic E-state index is -0.0823. The smallest absolute Gasteiger partial charge is 0.0699 e. The van der Waals surface area contributed by atoms with Gasteiger partial charge in [0.1, 0.15) is 0 Å². The molecule has 2 atom stereocenters. The van der Waals surface area contributed by atoms with Gasteiger partial charge in [-0.3, -0.25) is 0 Å². The molecule has 0 aromatic carbocycles. The summed E-state index contributed by atoms with van der Waals surface area (Å²) in [4.78, 5) is 0. The van der Waals surface area contributed by atoms with Crippen LogP contribution in [0, 0.1) is 0 Å². The van der Waals surface area contributed by atoms with Gasteiger partial charge in [0, 0.05) is 19.8 Å². The predicted octanol–water partition coefficient (Wildman–Crippen LogP) is 2.20. The maximum Gasteiger partial charge on any atom is 0.0699 e. The molecule has 1 N–H and O–H groups in total. The molecule has 0 radical (unpaired) electrons. The van der Waals surface area contributed by atoms with Gasteiger partial charge in [-0.15, -0.1) is 0 Å². The van der Waals surface area contributed by atoms with Gasteiger partial charge in [0.15, 0.2) is 0 Å². The molecule has 3 nitrogen and oxygen atoms in total. The fourth-order valence-electron chi connectivity index (χ4n) is 1.48. The van der Waals surface area contributed by atoms with Gasteiger partial charge in [-0.05, 0) is 40.7 Å². The maximum atomic E-state index is 5.78. The minimum Gasteiger partial charge on any atom is -0.379 e. The van der Waals surface area contributed by atoms with E-state index in [1.54, 1.807) is 7.11 Å². The number of methoxy groups -OCH3 is 1. The lowest BCUT2D eigenvalue weighted by Crippen LogP contribution is -2.37. The van der Waals surface area contributed by atoms with Crippen molar-refractivity contribution in [3.63, 3.8) is 0 Å². The van der Waals surface area contributed by atoms with Crippen molar-refractivity contribution in [2.45, 2.75) is 58.3 Å². The molecule has 2 unspecified atom stereocenters. The summed E-state index contributed by atoms with van der Waals surface area (Å²) in [5.74, 6) is 0. The van der Waals surface area contributed by atoms with E-state index in [-0.39, 0.29) is 11.7 Å². The normalized spacial score (nSPS) is 16.4. The number of hydrogen-bond acceptors (Lipinski definition) is 3. The van der Waals surface area contributed by atoms with E-state index in [0.717, 1.165) is 19.4 Å². The molecule has 0 saturated heterocycles. The van der Waals surface area contributed by atoms with E-state index in [2.05, 4.69) is 33.0 Å². The van der Waals surface area contributed by atoms with Gasteiger partial charge >= 0.3 is 0 Å². The van der Waals surface area contributed by atoms with E-state index < -0.39 is 0 Å². The van der Waals surface area contributed by atoms with Crippen LogP contribution in [-0.4, -0.2) is 38.5 Å². The Morgan fingerprint density at radius 1 is 1.33 bits per heavy atom. The zero-order valence-corrected chi connectivity index (χ0v) is 11.1. The highest BCUT2D eigenvalue weighted by Gasteiger charge is 2.18.